The lowest BCUT2D eigenvalue weighted by atomic mass is 9.86. The smallest absolute Gasteiger partial charge is 0.341 e. The fourth-order valence-corrected chi connectivity index (χ4v) is 3.02. The third-order valence-electron chi connectivity index (χ3n) is 4.29. The van der Waals surface area contributed by atoms with Crippen molar-refractivity contribution in [2.24, 2.45) is 10.9 Å². The lowest BCUT2D eigenvalue weighted by Crippen LogP contribution is -2.45. The molecule has 2 amide bonds. The molecule has 2 N–H and O–H groups in total. The molecule has 3 rings (SSSR count). The highest BCUT2D eigenvalue weighted by Crippen LogP contribution is 2.31. The number of rotatable bonds is 5. The number of benzene rings is 2. The summed E-state index contributed by atoms with van der Waals surface area (Å²) in [5, 5.41) is 12.5. The highest BCUT2D eigenvalue weighted by Gasteiger charge is 2.39. The normalized spacial score (nSPS) is 19.4. The average Bonchev–Trinajstić information content (AvgIpc) is 2.66. The largest absolute Gasteiger partial charge is 0.508 e. The molecule has 26 heavy (non-hydrogen) atoms. The first-order valence-electron chi connectivity index (χ1n) is 8.46. The molecule has 0 saturated carbocycles. The molecule has 6 heteroatoms. The number of phenols is 1. The monoisotopic (exact) mass is 352 g/mol. The summed E-state index contributed by atoms with van der Waals surface area (Å²) in [6, 6.07) is 14.7. The molecule has 2 unspecified atom stereocenters. The molecule has 0 radical (unpaired) electrons. The Morgan fingerprint density at radius 3 is 2.65 bits per heavy atom. The van der Waals surface area contributed by atoms with Gasteiger partial charge in [0.25, 0.3) is 0 Å². The second kappa shape index (κ2) is 7.82. The van der Waals surface area contributed by atoms with Crippen molar-refractivity contribution in [2.75, 3.05) is 0 Å². The van der Waals surface area contributed by atoms with Crippen molar-refractivity contribution in [3.05, 3.63) is 65.7 Å². The van der Waals surface area contributed by atoms with Crippen LogP contribution in [-0.2, 0) is 16.1 Å². The zero-order valence-corrected chi connectivity index (χ0v) is 14.4. The lowest BCUT2D eigenvalue weighted by molar-refractivity contribution is -0.148. The van der Waals surface area contributed by atoms with E-state index in [0.717, 1.165) is 5.56 Å². The third kappa shape index (κ3) is 3.91. The van der Waals surface area contributed by atoms with Crippen LogP contribution in [0.5, 0.6) is 5.75 Å². The van der Waals surface area contributed by atoms with Gasteiger partial charge in [-0.05, 0) is 29.7 Å². The van der Waals surface area contributed by atoms with E-state index in [2.05, 4.69) is 10.3 Å². The molecule has 0 fully saturated rings. The first kappa shape index (κ1) is 17.7. The van der Waals surface area contributed by atoms with Gasteiger partial charge in [-0.15, -0.1) is 0 Å². The summed E-state index contributed by atoms with van der Waals surface area (Å²) >= 11 is 0. The standard InChI is InChI=1S/C20H20N2O4/c1-2-16-17(19(24)26-12-13-7-4-3-5-8-13)18(22-20(25)21-16)14-9-6-10-15(23)11-14/h3-11,17-18,23H,2,12H2,1H3,(H,22,25). The quantitative estimate of drug-likeness (QED) is 0.808. The number of aromatic hydroxyl groups is 1. The minimum atomic E-state index is -0.733. The Morgan fingerprint density at radius 1 is 1.19 bits per heavy atom. The van der Waals surface area contributed by atoms with Gasteiger partial charge in [0.15, 0.2) is 0 Å². The van der Waals surface area contributed by atoms with Gasteiger partial charge in [0.05, 0.1) is 6.04 Å². The van der Waals surface area contributed by atoms with Crippen LogP contribution in [0.25, 0.3) is 0 Å². The van der Waals surface area contributed by atoms with Crippen LogP contribution in [0.4, 0.5) is 4.79 Å². The molecular formula is C20H20N2O4. The van der Waals surface area contributed by atoms with Gasteiger partial charge >= 0.3 is 12.0 Å². The molecule has 1 aliphatic heterocycles. The van der Waals surface area contributed by atoms with E-state index in [4.69, 9.17) is 4.74 Å². The number of nitrogens with zero attached hydrogens (tertiary/aromatic N) is 1. The Hall–Kier alpha value is -3.15. The SMILES string of the molecule is CCC1=NC(=O)NC(c2cccc(O)c2)C1C(=O)OCc1ccccc1. The van der Waals surface area contributed by atoms with E-state index in [0.29, 0.717) is 17.7 Å². The van der Waals surface area contributed by atoms with Crippen molar-refractivity contribution in [3.63, 3.8) is 0 Å². The van der Waals surface area contributed by atoms with Crippen molar-refractivity contribution < 1.29 is 19.4 Å². The maximum absolute atomic E-state index is 12.8. The van der Waals surface area contributed by atoms with E-state index >= 15 is 0 Å². The molecule has 2 aromatic carbocycles. The molecule has 6 nitrogen and oxygen atoms in total. The molecule has 0 saturated heterocycles. The molecule has 2 atom stereocenters. The summed E-state index contributed by atoms with van der Waals surface area (Å²) in [6.45, 7) is 1.99. The number of carbonyl (C=O) groups excluding carboxylic acids is 2. The molecule has 0 spiro atoms. The molecule has 2 aromatic rings. The van der Waals surface area contributed by atoms with Crippen LogP contribution in [0.3, 0.4) is 0 Å². The van der Waals surface area contributed by atoms with Crippen molar-refractivity contribution >= 4 is 17.7 Å². The van der Waals surface area contributed by atoms with Gasteiger partial charge in [-0.2, -0.15) is 0 Å². The number of aliphatic imine (C=N–C) groups is 1. The fourth-order valence-electron chi connectivity index (χ4n) is 3.02. The summed E-state index contributed by atoms with van der Waals surface area (Å²) < 4.78 is 5.48. The minimum Gasteiger partial charge on any atom is -0.508 e. The number of esters is 1. The Labute approximate surface area is 151 Å². The van der Waals surface area contributed by atoms with E-state index in [9.17, 15) is 14.7 Å². The van der Waals surface area contributed by atoms with Gasteiger partial charge in [-0.3, -0.25) is 4.79 Å². The first-order chi connectivity index (χ1) is 12.6. The fraction of sp³-hybridized carbons (Fsp3) is 0.250. The number of hydrogen-bond acceptors (Lipinski definition) is 4. The molecule has 0 bridgehead atoms. The molecule has 0 aliphatic carbocycles. The summed E-state index contributed by atoms with van der Waals surface area (Å²) in [5.41, 5.74) is 1.98. The van der Waals surface area contributed by atoms with Crippen molar-refractivity contribution in [2.45, 2.75) is 26.0 Å². The molecule has 134 valence electrons. The molecule has 1 heterocycles. The van der Waals surface area contributed by atoms with Crippen molar-refractivity contribution in [1.82, 2.24) is 5.32 Å². The summed E-state index contributed by atoms with van der Waals surface area (Å²) in [5.74, 6) is -1.13. The zero-order chi connectivity index (χ0) is 18.5. The van der Waals surface area contributed by atoms with Crippen LogP contribution in [0, 0.1) is 5.92 Å². The number of phenolic OH excluding ortho intramolecular Hbond substituents is 1. The van der Waals surface area contributed by atoms with Crippen LogP contribution in [0.2, 0.25) is 0 Å². The third-order valence-corrected chi connectivity index (χ3v) is 4.29. The summed E-state index contributed by atoms with van der Waals surface area (Å²) in [6.07, 6.45) is 0.452. The van der Waals surface area contributed by atoms with Crippen LogP contribution < -0.4 is 5.32 Å². The Morgan fingerprint density at radius 2 is 1.96 bits per heavy atom. The number of ether oxygens (including phenoxy) is 1. The number of carbonyl (C=O) groups is 2. The van der Waals surface area contributed by atoms with E-state index in [1.165, 1.54) is 12.1 Å². The molecule has 1 aliphatic rings. The number of nitrogens with one attached hydrogen (secondary N) is 1. The Balaban J connectivity index is 1.86. The maximum Gasteiger partial charge on any atom is 0.341 e. The number of urea groups is 1. The highest BCUT2D eigenvalue weighted by atomic mass is 16.5. The van der Waals surface area contributed by atoms with Gasteiger partial charge in [0.2, 0.25) is 0 Å². The van der Waals surface area contributed by atoms with Crippen LogP contribution in [0.15, 0.2) is 59.6 Å². The van der Waals surface area contributed by atoms with Crippen molar-refractivity contribution in [1.29, 1.82) is 0 Å². The first-order valence-corrected chi connectivity index (χ1v) is 8.46. The predicted octanol–water partition coefficient (Wildman–Crippen LogP) is 3.37. The molecular weight excluding hydrogens is 332 g/mol. The van der Waals surface area contributed by atoms with Gasteiger partial charge in [0, 0.05) is 5.71 Å². The maximum atomic E-state index is 12.8. The Bertz CT molecular complexity index is 833. The van der Waals surface area contributed by atoms with Crippen molar-refractivity contribution in [3.8, 4) is 5.75 Å². The second-order valence-corrected chi connectivity index (χ2v) is 6.05. The summed E-state index contributed by atoms with van der Waals surface area (Å²) in [7, 11) is 0. The molecule has 0 aromatic heterocycles. The highest BCUT2D eigenvalue weighted by molar-refractivity contribution is 6.09. The number of amides is 2. The van der Waals surface area contributed by atoms with Gasteiger partial charge in [0.1, 0.15) is 18.3 Å². The van der Waals surface area contributed by atoms with E-state index in [1.807, 2.05) is 37.3 Å². The topological polar surface area (TPSA) is 88.0 Å². The van der Waals surface area contributed by atoms with E-state index in [-0.39, 0.29) is 12.4 Å². The zero-order valence-electron chi connectivity index (χ0n) is 14.4. The average molecular weight is 352 g/mol. The minimum absolute atomic E-state index is 0.0636. The van der Waals surface area contributed by atoms with Gasteiger partial charge < -0.3 is 15.2 Å². The van der Waals surface area contributed by atoms with E-state index in [1.54, 1.807) is 12.1 Å². The van der Waals surface area contributed by atoms with Crippen LogP contribution in [0.1, 0.15) is 30.5 Å². The van der Waals surface area contributed by atoms with E-state index < -0.39 is 24.0 Å². The lowest BCUT2D eigenvalue weighted by Gasteiger charge is -2.30. The van der Waals surface area contributed by atoms with Gasteiger partial charge in [-0.1, -0.05) is 49.4 Å². The van der Waals surface area contributed by atoms with Crippen LogP contribution in [-0.4, -0.2) is 22.8 Å². The summed E-state index contributed by atoms with van der Waals surface area (Å²) in [4.78, 5) is 28.7. The van der Waals surface area contributed by atoms with Gasteiger partial charge in [-0.25, -0.2) is 9.79 Å². The second-order valence-electron chi connectivity index (χ2n) is 6.05. The number of hydrogen-bond donors (Lipinski definition) is 2. The predicted molar refractivity (Wildman–Crippen MR) is 96.8 cm³/mol. The Kier molecular flexibility index (Phi) is 5.31. The van der Waals surface area contributed by atoms with Crippen LogP contribution >= 0.6 is 0 Å².